The Morgan fingerprint density at radius 3 is 2.71 bits per heavy atom. The first-order valence-electron chi connectivity index (χ1n) is 7.93. The summed E-state index contributed by atoms with van der Waals surface area (Å²) in [5, 5.41) is 2.24. The molecule has 0 radical (unpaired) electrons. The van der Waals surface area contributed by atoms with Crippen molar-refractivity contribution in [3.05, 3.63) is 58.3 Å². The highest BCUT2D eigenvalue weighted by molar-refractivity contribution is 9.10. The Hall–Kier alpha value is -1.91. The number of halogens is 1. The molecule has 3 aromatic rings. The van der Waals surface area contributed by atoms with Gasteiger partial charge in [0.05, 0.1) is 13.7 Å². The molecule has 124 valence electrons. The molecule has 2 aromatic carbocycles. The number of rotatable bonds is 5. The highest BCUT2D eigenvalue weighted by atomic mass is 79.9. The molecule has 0 bridgehead atoms. The fourth-order valence-electron chi connectivity index (χ4n) is 3.01. The van der Waals surface area contributed by atoms with Gasteiger partial charge in [-0.05, 0) is 54.1 Å². The second-order valence-corrected chi connectivity index (χ2v) is 6.50. The zero-order valence-corrected chi connectivity index (χ0v) is 15.7. The van der Waals surface area contributed by atoms with Crippen LogP contribution in [0.4, 0.5) is 0 Å². The largest absolute Gasteiger partial charge is 0.496 e. The number of aromatic nitrogens is 1. The topological polar surface area (TPSA) is 31.4 Å². The summed E-state index contributed by atoms with van der Waals surface area (Å²) < 4.78 is 12.3. The minimum Gasteiger partial charge on any atom is -0.496 e. The van der Waals surface area contributed by atoms with Gasteiger partial charge in [-0.3, -0.25) is 4.98 Å². The molecule has 1 heterocycles. The van der Waals surface area contributed by atoms with Gasteiger partial charge in [-0.15, -0.1) is 0 Å². The van der Waals surface area contributed by atoms with Gasteiger partial charge in [-0.2, -0.15) is 0 Å². The highest BCUT2D eigenvalue weighted by Crippen LogP contribution is 2.40. The number of pyridine rings is 1. The summed E-state index contributed by atoms with van der Waals surface area (Å²) in [6.07, 6.45) is 3.71. The molecule has 24 heavy (non-hydrogen) atoms. The van der Waals surface area contributed by atoms with E-state index in [1.54, 1.807) is 7.11 Å². The molecule has 1 aromatic heterocycles. The first-order chi connectivity index (χ1) is 11.7. The van der Waals surface area contributed by atoms with E-state index < -0.39 is 0 Å². The third-order valence-corrected chi connectivity index (χ3v) is 4.78. The summed E-state index contributed by atoms with van der Waals surface area (Å²) in [7, 11) is 1.71. The molecule has 0 saturated carbocycles. The third-order valence-electron chi connectivity index (χ3n) is 4.09. The number of aryl methyl sites for hydroxylation is 1. The second kappa shape index (κ2) is 7.32. The number of nitrogens with zero attached hydrogens (tertiary/aromatic N) is 1. The minimum atomic E-state index is 0.596. The van der Waals surface area contributed by atoms with Crippen molar-refractivity contribution in [2.24, 2.45) is 0 Å². The molecule has 0 N–H and O–H groups in total. The second-order valence-electron chi connectivity index (χ2n) is 5.64. The molecule has 0 unspecified atom stereocenters. The van der Waals surface area contributed by atoms with Crippen molar-refractivity contribution >= 4 is 26.7 Å². The fourth-order valence-corrected chi connectivity index (χ4v) is 3.46. The first-order valence-corrected chi connectivity index (χ1v) is 8.72. The molecule has 3 rings (SSSR count). The lowest BCUT2D eigenvalue weighted by Crippen LogP contribution is -1.98. The molecular formula is C20H20BrNO2. The Morgan fingerprint density at radius 1 is 1.12 bits per heavy atom. The highest BCUT2D eigenvalue weighted by Gasteiger charge is 2.15. The van der Waals surface area contributed by atoms with Gasteiger partial charge in [0.1, 0.15) is 5.75 Å². The van der Waals surface area contributed by atoms with Crippen LogP contribution in [0, 0.1) is 6.92 Å². The number of benzene rings is 2. The van der Waals surface area contributed by atoms with Crippen molar-refractivity contribution in [2.45, 2.75) is 20.5 Å². The van der Waals surface area contributed by atoms with E-state index in [2.05, 4.69) is 52.1 Å². The van der Waals surface area contributed by atoms with Crippen molar-refractivity contribution in [3.63, 3.8) is 0 Å². The van der Waals surface area contributed by atoms with Crippen molar-refractivity contribution in [3.8, 4) is 16.9 Å². The maximum atomic E-state index is 5.70. The van der Waals surface area contributed by atoms with Gasteiger partial charge < -0.3 is 9.47 Å². The number of ether oxygens (including phenoxy) is 2. The van der Waals surface area contributed by atoms with E-state index in [0.29, 0.717) is 13.2 Å². The van der Waals surface area contributed by atoms with Crippen LogP contribution in [-0.2, 0) is 11.3 Å². The van der Waals surface area contributed by atoms with Crippen LogP contribution < -0.4 is 4.74 Å². The molecule has 0 saturated heterocycles. The molecular weight excluding hydrogens is 366 g/mol. The van der Waals surface area contributed by atoms with Gasteiger partial charge in [0, 0.05) is 34.4 Å². The summed E-state index contributed by atoms with van der Waals surface area (Å²) in [5.41, 5.74) is 4.55. The molecule has 3 nitrogen and oxygen atoms in total. The average molecular weight is 386 g/mol. The van der Waals surface area contributed by atoms with Gasteiger partial charge in [0.25, 0.3) is 0 Å². The lowest BCUT2D eigenvalue weighted by atomic mass is 9.93. The predicted octanol–water partition coefficient (Wildman–Crippen LogP) is 5.52. The molecule has 0 fully saturated rings. The summed E-state index contributed by atoms with van der Waals surface area (Å²) in [6.45, 7) is 5.41. The summed E-state index contributed by atoms with van der Waals surface area (Å²) in [4.78, 5) is 4.24. The molecule has 0 aliphatic carbocycles. The standard InChI is InChI=1S/C20H20BrNO2/c1-4-24-12-14-9-13(2)20(19(10-14)23-3)16-5-6-18(21)17-11-22-8-7-15(16)17/h5-11H,4,12H2,1-3H3. The van der Waals surface area contributed by atoms with Crippen LogP contribution in [0.25, 0.3) is 21.9 Å². The third kappa shape index (κ3) is 3.17. The Morgan fingerprint density at radius 2 is 1.96 bits per heavy atom. The average Bonchev–Trinajstić information content (AvgIpc) is 2.60. The lowest BCUT2D eigenvalue weighted by Gasteiger charge is -2.16. The number of fused-ring (bicyclic) bond motifs is 1. The van der Waals surface area contributed by atoms with Crippen molar-refractivity contribution in [2.75, 3.05) is 13.7 Å². The van der Waals surface area contributed by atoms with Gasteiger partial charge in [-0.25, -0.2) is 0 Å². The molecule has 4 heteroatoms. The molecule has 0 atom stereocenters. The van der Waals surface area contributed by atoms with E-state index in [1.165, 1.54) is 5.56 Å². The van der Waals surface area contributed by atoms with Crippen LogP contribution in [0.5, 0.6) is 5.75 Å². The smallest absolute Gasteiger partial charge is 0.127 e. The summed E-state index contributed by atoms with van der Waals surface area (Å²) >= 11 is 3.61. The van der Waals surface area contributed by atoms with Crippen LogP contribution in [-0.4, -0.2) is 18.7 Å². The normalized spacial score (nSPS) is 11.0. The van der Waals surface area contributed by atoms with Crippen LogP contribution >= 0.6 is 15.9 Å². The zero-order valence-electron chi connectivity index (χ0n) is 14.1. The first kappa shape index (κ1) is 16.9. The maximum absolute atomic E-state index is 5.70. The quantitative estimate of drug-likeness (QED) is 0.579. The van der Waals surface area contributed by atoms with E-state index in [-0.39, 0.29) is 0 Å². The van der Waals surface area contributed by atoms with Crippen molar-refractivity contribution < 1.29 is 9.47 Å². The van der Waals surface area contributed by atoms with Crippen molar-refractivity contribution in [1.82, 2.24) is 4.98 Å². The molecule has 0 spiro atoms. The van der Waals surface area contributed by atoms with Gasteiger partial charge in [0.15, 0.2) is 0 Å². The lowest BCUT2D eigenvalue weighted by molar-refractivity contribution is 0.134. The van der Waals surface area contributed by atoms with E-state index in [4.69, 9.17) is 9.47 Å². The van der Waals surface area contributed by atoms with E-state index >= 15 is 0 Å². The van der Waals surface area contributed by atoms with Crippen LogP contribution in [0.3, 0.4) is 0 Å². The maximum Gasteiger partial charge on any atom is 0.127 e. The molecule has 0 aliphatic heterocycles. The fraction of sp³-hybridized carbons (Fsp3) is 0.250. The Kier molecular flexibility index (Phi) is 5.17. The monoisotopic (exact) mass is 385 g/mol. The summed E-state index contributed by atoms with van der Waals surface area (Å²) in [6, 6.07) is 10.5. The van der Waals surface area contributed by atoms with Crippen LogP contribution in [0.15, 0.2) is 47.2 Å². The number of methoxy groups -OCH3 is 1. The SMILES string of the molecule is CCOCc1cc(C)c(-c2ccc(Br)c3cnccc23)c(OC)c1. The van der Waals surface area contributed by atoms with Crippen LogP contribution in [0.2, 0.25) is 0 Å². The van der Waals surface area contributed by atoms with Crippen molar-refractivity contribution in [1.29, 1.82) is 0 Å². The van der Waals surface area contributed by atoms with E-state index in [0.717, 1.165) is 37.7 Å². The van der Waals surface area contributed by atoms with Gasteiger partial charge >= 0.3 is 0 Å². The molecule has 0 amide bonds. The summed E-state index contributed by atoms with van der Waals surface area (Å²) in [5.74, 6) is 0.866. The Bertz CT molecular complexity index is 877. The van der Waals surface area contributed by atoms with E-state index in [9.17, 15) is 0 Å². The zero-order chi connectivity index (χ0) is 17.1. The van der Waals surface area contributed by atoms with Gasteiger partial charge in [-0.1, -0.05) is 28.1 Å². The molecule has 0 aliphatic rings. The minimum absolute atomic E-state index is 0.596. The van der Waals surface area contributed by atoms with Crippen LogP contribution in [0.1, 0.15) is 18.1 Å². The van der Waals surface area contributed by atoms with Gasteiger partial charge in [0.2, 0.25) is 0 Å². The Labute approximate surface area is 150 Å². The predicted molar refractivity (Wildman–Crippen MR) is 101 cm³/mol. The number of hydrogen-bond donors (Lipinski definition) is 0. The van der Waals surface area contributed by atoms with E-state index in [1.807, 2.05) is 25.4 Å². The number of hydrogen-bond acceptors (Lipinski definition) is 3. The Balaban J connectivity index is 2.21.